The van der Waals surface area contributed by atoms with Crippen molar-refractivity contribution >= 4 is 37.1 Å². The molecule has 0 aliphatic heterocycles. The summed E-state index contributed by atoms with van der Waals surface area (Å²) < 4.78 is 23.4. The van der Waals surface area contributed by atoms with Crippen LogP contribution in [-0.2, 0) is 9.05 Å². The lowest BCUT2D eigenvalue weighted by molar-refractivity contribution is 0.611. The summed E-state index contributed by atoms with van der Waals surface area (Å²) >= 11 is 1.29. The van der Waals surface area contributed by atoms with Crippen LogP contribution in [0.1, 0.15) is 5.82 Å². The molecule has 0 spiro atoms. The Bertz CT molecular complexity index is 640. The Labute approximate surface area is 107 Å². The van der Waals surface area contributed by atoms with Crippen molar-refractivity contribution in [1.82, 2.24) is 19.6 Å². The van der Waals surface area contributed by atoms with E-state index < -0.39 is 9.05 Å². The lowest BCUT2D eigenvalue weighted by Crippen LogP contribution is -2.00. The van der Waals surface area contributed by atoms with E-state index in [2.05, 4.69) is 15.2 Å². The predicted molar refractivity (Wildman–Crippen MR) is 65.9 cm³/mol. The van der Waals surface area contributed by atoms with Crippen LogP contribution in [0.5, 0.6) is 0 Å². The summed E-state index contributed by atoms with van der Waals surface area (Å²) in [6.07, 6.45) is 3.38. The van der Waals surface area contributed by atoms with Gasteiger partial charge in [0.2, 0.25) is 9.05 Å². The first-order valence-electron chi connectivity index (χ1n) is 4.69. The fraction of sp³-hybridized carbons (Fsp3) is 0.375. The Balaban J connectivity index is 2.19. The largest absolute Gasteiger partial charge is 0.283 e. The lowest BCUT2D eigenvalue weighted by Gasteiger charge is -2.01. The minimum atomic E-state index is -3.46. The molecule has 2 rings (SSSR count). The summed E-state index contributed by atoms with van der Waals surface area (Å²) in [7, 11) is 1.67. The van der Waals surface area contributed by atoms with E-state index in [-0.39, 0.29) is 5.75 Å². The van der Waals surface area contributed by atoms with Gasteiger partial charge in [-0.25, -0.2) is 13.4 Å². The standard InChI is InChI=1S/C8H9ClN4O2S2/c1-6-11-12-7-8(10-2-3-13(6)7)16-4-5-17(9,14)15/h2-3H,4-5H2,1H3. The van der Waals surface area contributed by atoms with Gasteiger partial charge < -0.3 is 0 Å². The topological polar surface area (TPSA) is 77.2 Å². The third-order valence-corrected chi connectivity index (χ3v) is 4.41. The van der Waals surface area contributed by atoms with Gasteiger partial charge in [-0.2, -0.15) is 0 Å². The molecule has 0 bridgehead atoms. The van der Waals surface area contributed by atoms with Gasteiger partial charge in [0.15, 0.2) is 5.65 Å². The molecule has 0 unspecified atom stereocenters. The summed E-state index contributed by atoms with van der Waals surface area (Å²) in [6.45, 7) is 1.83. The fourth-order valence-electron chi connectivity index (χ4n) is 1.26. The first-order valence-corrected chi connectivity index (χ1v) is 8.15. The number of nitrogens with zero attached hydrogens (tertiary/aromatic N) is 4. The zero-order valence-corrected chi connectivity index (χ0v) is 11.3. The summed E-state index contributed by atoms with van der Waals surface area (Å²) in [5.74, 6) is 0.994. The second-order valence-electron chi connectivity index (χ2n) is 3.26. The molecule has 2 aromatic heterocycles. The van der Waals surface area contributed by atoms with Crippen LogP contribution in [-0.4, -0.2) is 39.5 Å². The molecule has 0 amide bonds. The molecular formula is C8H9ClN4O2S2. The molecule has 0 N–H and O–H groups in total. The molecule has 2 aromatic rings. The molecule has 0 aliphatic carbocycles. The maximum atomic E-state index is 10.8. The van der Waals surface area contributed by atoms with Gasteiger partial charge in [0.05, 0.1) is 5.75 Å². The predicted octanol–water partition coefficient (Wildman–Crippen LogP) is 1.09. The molecule has 0 saturated carbocycles. The molecule has 0 radical (unpaired) electrons. The highest BCUT2D eigenvalue weighted by molar-refractivity contribution is 8.14. The van der Waals surface area contributed by atoms with E-state index in [0.29, 0.717) is 16.4 Å². The van der Waals surface area contributed by atoms with Crippen LogP contribution in [0, 0.1) is 6.92 Å². The zero-order chi connectivity index (χ0) is 12.5. The first-order chi connectivity index (χ1) is 7.97. The zero-order valence-electron chi connectivity index (χ0n) is 8.87. The van der Waals surface area contributed by atoms with Crippen LogP contribution in [0.2, 0.25) is 0 Å². The van der Waals surface area contributed by atoms with Crippen molar-refractivity contribution in [3.8, 4) is 0 Å². The summed E-state index contributed by atoms with van der Waals surface area (Å²) in [5, 5.41) is 8.56. The number of halogens is 1. The van der Waals surface area contributed by atoms with Gasteiger partial charge >= 0.3 is 0 Å². The maximum absolute atomic E-state index is 10.8. The normalized spacial score (nSPS) is 12.1. The van der Waals surface area contributed by atoms with E-state index >= 15 is 0 Å². The van der Waals surface area contributed by atoms with Gasteiger partial charge in [0.25, 0.3) is 0 Å². The van der Waals surface area contributed by atoms with Gasteiger partial charge in [-0.1, -0.05) is 0 Å². The SMILES string of the molecule is Cc1nnc2c(SCCS(=O)(=O)Cl)nccn12. The third-order valence-electron chi connectivity index (χ3n) is 2.03. The van der Waals surface area contributed by atoms with Crippen LogP contribution in [0.3, 0.4) is 0 Å². The minimum Gasteiger partial charge on any atom is -0.283 e. The Morgan fingerprint density at radius 2 is 2.24 bits per heavy atom. The van der Waals surface area contributed by atoms with Gasteiger partial charge in [-0.05, 0) is 6.92 Å². The highest BCUT2D eigenvalue weighted by Crippen LogP contribution is 2.20. The molecule has 0 fully saturated rings. The van der Waals surface area contributed by atoms with Crippen molar-refractivity contribution in [2.45, 2.75) is 11.9 Å². The van der Waals surface area contributed by atoms with Crippen molar-refractivity contribution in [2.75, 3.05) is 11.5 Å². The molecule has 92 valence electrons. The van der Waals surface area contributed by atoms with E-state index in [4.69, 9.17) is 10.7 Å². The average Bonchev–Trinajstić information content (AvgIpc) is 2.60. The number of aryl methyl sites for hydroxylation is 1. The molecule has 0 aliphatic rings. The van der Waals surface area contributed by atoms with Gasteiger partial charge in [0.1, 0.15) is 10.9 Å². The summed E-state index contributed by atoms with van der Waals surface area (Å²) in [5.41, 5.74) is 0.627. The number of thioether (sulfide) groups is 1. The number of rotatable bonds is 4. The molecular weight excluding hydrogens is 284 g/mol. The van der Waals surface area contributed by atoms with E-state index in [1.54, 1.807) is 16.8 Å². The summed E-state index contributed by atoms with van der Waals surface area (Å²) in [4.78, 5) is 4.14. The van der Waals surface area contributed by atoms with Crippen LogP contribution in [0.25, 0.3) is 5.65 Å². The van der Waals surface area contributed by atoms with Crippen molar-refractivity contribution in [2.24, 2.45) is 0 Å². The number of aromatic nitrogens is 4. The average molecular weight is 293 g/mol. The van der Waals surface area contributed by atoms with Crippen LogP contribution >= 0.6 is 22.4 Å². The van der Waals surface area contributed by atoms with Gasteiger partial charge in [-0.15, -0.1) is 22.0 Å². The second kappa shape index (κ2) is 4.79. The van der Waals surface area contributed by atoms with E-state index in [1.165, 1.54) is 11.8 Å². The van der Waals surface area contributed by atoms with Crippen molar-refractivity contribution in [1.29, 1.82) is 0 Å². The van der Waals surface area contributed by atoms with E-state index in [9.17, 15) is 8.42 Å². The molecule has 17 heavy (non-hydrogen) atoms. The smallest absolute Gasteiger partial charge is 0.233 e. The minimum absolute atomic E-state index is 0.102. The Hall–Kier alpha value is -0.860. The molecule has 6 nitrogen and oxygen atoms in total. The number of fused-ring (bicyclic) bond motifs is 1. The van der Waals surface area contributed by atoms with Crippen LogP contribution in [0.4, 0.5) is 0 Å². The van der Waals surface area contributed by atoms with Crippen LogP contribution in [0.15, 0.2) is 17.4 Å². The van der Waals surface area contributed by atoms with Crippen molar-refractivity contribution in [3.05, 3.63) is 18.2 Å². The van der Waals surface area contributed by atoms with Crippen molar-refractivity contribution in [3.63, 3.8) is 0 Å². The van der Waals surface area contributed by atoms with Gasteiger partial charge in [-0.3, -0.25) is 4.40 Å². The molecule has 9 heteroatoms. The monoisotopic (exact) mass is 292 g/mol. The molecule has 0 atom stereocenters. The summed E-state index contributed by atoms with van der Waals surface area (Å²) in [6, 6.07) is 0. The van der Waals surface area contributed by atoms with Crippen LogP contribution < -0.4 is 0 Å². The first kappa shape index (κ1) is 12.6. The van der Waals surface area contributed by atoms with E-state index in [1.807, 2.05) is 6.92 Å². The Kier molecular flexibility index (Phi) is 3.55. The third kappa shape index (κ3) is 3.08. The lowest BCUT2D eigenvalue weighted by atomic mass is 10.6. The highest BCUT2D eigenvalue weighted by Gasteiger charge is 2.10. The fourth-order valence-corrected chi connectivity index (χ4v) is 3.55. The van der Waals surface area contributed by atoms with E-state index in [0.717, 1.165) is 5.82 Å². The van der Waals surface area contributed by atoms with Crippen molar-refractivity contribution < 1.29 is 8.42 Å². The quantitative estimate of drug-likeness (QED) is 0.620. The Morgan fingerprint density at radius 1 is 1.47 bits per heavy atom. The molecule has 0 aromatic carbocycles. The van der Waals surface area contributed by atoms with Gasteiger partial charge in [0, 0.05) is 28.8 Å². The molecule has 0 saturated heterocycles. The molecule has 2 heterocycles. The second-order valence-corrected chi connectivity index (χ2v) is 7.24. The maximum Gasteiger partial charge on any atom is 0.233 e. The Morgan fingerprint density at radius 3 is 2.94 bits per heavy atom. The highest BCUT2D eigenvalue weighted by atomic mass is 35.7. The number of hydrogen-bond donors (Lipinski definition) is 0. The number of hydrogen-bond acceptors (Lipinski definition) is 6.